The predicted octanol–water partition coefficient (Wildman–Crippen LogP) is 3.12. The van der Waals surface area contributed by atoms with Gasteiger partial charge in [-0.1, -0.05) is 17.9 Å². The Morgan fingerprint density at radius 3 is 2.85 bits per heavy atom. The summed E-state index contributed by atoms with van der Waals surface area (Å²) in [5.41, 5.74) is 3.86. The van der Waals surface area contributed by atoms with Crippen molar-refractivity contribution in [3.63, 3.8) is 0 Å². The minimum absolute atomic E-state index is 0.147. The summed E-state index contributed by atoms with van der Waals surface area (Å²) in [7, 11) is 1.74. The molecule has 1 N–H and O–H groups in total. The van der Waals surface area contributed by atoms with Crippen LogP contribution in [0.15, 0.2) is 48.7 Å². The van der Waals surface area contributed by atoms with Gasteiger partial charge in [0.25, 0.3) is 5.91 Å². The summed E-state index contributed by atoms with van der Waals surface area (Å²) >= 11 is 0. The van der Waals surface area contributed by atoms with E-state index in [1.807, 2.05) is 43.3 Å². The number of carbonyl (C=O) groups is 1. The second kappa shape index (κ2) is 6.89. The van der Waals surface area contributed by atoms with Gasteiger partial charge in [0.2, 0.25) is 6.79 Å². The molecule has 1 aromatic heterocycles. The third-order valence-corrected chi connectivity index (χ3v) is 4.33. The summed E-state index contributed by atoms with van der Waals surface area (Å²) in [6.07, 6.45) is 1.56. The van der Waals surface area contributed by atoms with Crippen molar-refractivity contribution in [1.82, 2.24) is 10.2 Å². The third-order valence-electron chi connectivity index (χ3n) is 4.33. The van der Waals surface area contributed by atoms with Gasteiger partial charge in [-0.3, -0.25) is 9.89 Å². The normalized spacial score (nSPS) is 11.6. The first kappa shape index (κ1) is 16.7. The molecule has 1 aliphatic rings. The van der Waals surface area contributed by atoms with Crippen molar-refractivity contribution in [1.29, 1.82) is 0 Å². The fraction of sp³-hybridized carbons (Fsp3) is 0.143. The van der Waals surface area contributed by atoms with Gasteiger partial charge in [0, 0.05) is 24.5 Å². The molecule has 0 fully saturated rings. The van der Waals surface area contributed by atoms with Crippen molar-refractivity contribution in [2.45, 2.75) is 6.92 Å². The second-order valence-corrected chi connectivity index (χ2v) is 6.13. The molecule has 0 spiro atoms. The molecule has 27 heavy (non-hydrogen) atoms. The maximum absolute atomic E-state index is 12.5. The van der Waals surface area contributed by atoms with E-state index in [1.165, 1.54) is 0 Å². The van der Waals surface area contributed by atoms with Crippen LogP contribution >= 0.6 is 0 Å². The van der Waals surface area contributed by atoms with E-state index in [0.717, 1.165) is 22.4 Å². The molecule has 0 unspecified atom stereocenters. The van der Waals surface area contributed by atoms with Crippen molar-refractivity contribution in [2.75, 3.05) is 18.7 Å². The highest BCUT2D eigenvalue weighted by molar-refractivity contribution is 6.04. The van der Waals surface area contributed by atoms with Gasteiger partial charge >= 0.3 is 0 Å². The summed E-state index contributed by atoms with van der Waals surface area (Å²) in [5.74, 6) is 7.53. The standard InChI is InChI=1S/C21H17N3O3/c1-14-12-15(6-8-16-4-3-5-19-20(16)27-13-26-19)7-9-18(14)24(2)21(25)17-10-11-22-23-17/h3-5,7,9-12H,13H2,1-2H3,(H,22,23). The molecule has 0 bridgehead atoms. The van der Waals surface area contributed by atoms with Crippen LogP contribution in [0.25, 0.3) is 0 Å². The van der Waals surface area contributed by atoms with Crippen LogP contribution in [0.3, 0.4) is 0 Å². The van der Waals surface area contributed by atoms with E-state index < -0.39 is 0 Å². The van der Waals surface area contributed by atoms with Crippen molar-refractivity contribution >= 4 is 11.6 Å². The average molecular weight is 359 g/mol. The number of benzene rings is 2. The number of anilines is 1. The number of H-pyrrole nitrogens is 1. The molecule has 2 heterocycles. The number of amides is 1. The quantitative estimate of drug-likeness (QED) is 0.714. The van der Waals surface area contributed by atoms with Crippen LogP contribution in [0, 0.1) is 18.8 Å². The fourth-order valence-corrected chi connectivity index (χ4v) is 2.94. The molecule has 134 valence electrons. The van der Waals surface area contributed by atoms with Gasteiger partial charge in [-0.25, -0.2) is 0 Å². The Bertz CT molecular complexity index is 1060. The Labute approximate surface area is 156 Å². The highest BCUT2D eigenvalue weighted by Gasteiger charge is 2.17. The first-order chi connectivity index (χ1) is 13.1. The summed E-state index contributed by atoms with van der Waals surface area (Å²) < 4.78 is 10.8. The molecule has 2 aromatic carbocycles. The molecule has 0 aliphatic carbocycles. The van der Waals surface area contributed by atoms with Crippen molar-refractivity contribution in [3.05, 3.63) is 71.0 Å². The zero-order chi connectivity index (χ0) is 18.8. The van der Waals surface area contributed by atoms with Gasteiger partial charge in [0.1, 0.15) is 5.69 Å². The zero-order valence-electron chi connectivity index (χ0n) is 14.9. The molecule has 3 aromatic rings. The van der Waals surface area contributed by atoms with Gasteiger partial charge in [-0.15, -0.1) is 0 Å². The van der Waals surface area contributed by atoms with Crippen LogP contribution in [-0.2, 0) is 0 Å². The first-order valence-electron chi connectivity index (χ1n) is 8.42. The van der Waals surface area contributed by atoms with Crippen molar-refractivity contribution in [3.8, 4) is 23.3 Å². The highest BCUT2D eigenvalue weighted by atomic mass is 16.7. The summed E-state index contributed by atoms with van der Waals surface area (Å²) in [6, 6.07) is 13.0. The number of nitrogens with one attached hydrogen (secondary N) is 1. The number of fused-ring (bicyclic) bond motifs is 1. The van der Waals surface area contributed by atoms with Gasteiger partial charge in [-0.05, 0) is 48.9 Å². The third kappa shape index (κ3) is 3.23. The van der Waals surface area contributed by atoms with E-state index in [1.54, 1.807) is 24.2 Å². The smallest absolute Gasteiger partial charge is 0.276 e. The van der Waals surface area contributed by atoms with E-state index in [2.05, 4.69) is 22.0 Å². The lowest BCUT2D eigenvalue weighted by atomic mass is 10.1. The molecule has 0 radical (unpaired) electrons. The van der Waals surface area contributed by atoms with E-state index >= 15 is 0 Å². The molecular formula is C21H17N3O3. The summed E-state index contributed by atoms with van der Waals surface area (Å²) in [4.78, 5) is 14.1. The topological polar surface area (TPSA) is 67.5 Å². The number of nitrogens with zero attached hydrogens (tertiary/aromatic N) is 2. The SMILES string of the molecule is Cc1cc(C#Cc2cccc3c2OCO3)ccc1N(C)C(=O)c1ccn[nH]1. The maximum Gasteiger partial charge on any atom is 0.276 e. The van der Waals surface area contributed by atoms with Gasteiger partial charge in [0.15, 0.2) is 11.5 Å². The number of carbonyl (C=O) groups excluding carboxylic acids is 1. The number of aryl methyl sites for hydroxylation is 1. The zero-order valence-corrected chi connectivity index (χ0v) is 14.9. The Morgan fingerprint density at radius 2 is 2.07 bits per heavy atom. The number of ether oxygens (including phenoxy) is 2. The molecule has 6 nitrogen and oxygen atoms in total. The average Bonchev–Trinajstić information content (AvgIpc) is 3.37. The van der Waals surface area contributed by atoms with Gasteiger partial charge < -0.3 is 14.4 Å². The Kier molecular flexibility index (Phi) is 4.27. The second-order valence-electron chi connectivity index (χ2n) is 6.13. The van der Waals surface area contributed by atoms with Crippen LogP contribution in [0.5, 0.6) is 11.5 Å². The number of para-hydroxylation sites is 1. The fourth-order valence-electron chi connectivity index (χ4n) is 2.94. The molecule has 0 atom stereocenters. The van der Waals surface area contributed by atoms with E-state index in [-0.39, 0.29) is 12.7 Å². The molecule has 4 rings (SSSR count). The number of aromatic amines is 1. The lowest BCUT2D eigenvalue weighted by molar-refractivity contribution is 0.0988. The van der Waals surface area contributed by atoms with Gasteiger partial charge in [-0.2, -0.15) is 5.10 Å². The van der Waals surface area contributed by atoms with Crippen LogP contribution in [-0.4, -0.2) is 29.9 Å². The molecule has 1 amide bonds. The Hall–Kier alpha value is -3.72. The number of hydrogen-bond acceptors (Lipinski definition) is 4. The summed E-state index contributed by atoms with van der Waals surface area (Å²) in [5, 5.41) is 6.52. The predicted molar refractivity (Wildman–Crippen MR) is 101 cm³/mol. The van der Waals surface area contributed by atoms with E-state index in [9.17, 15) is 4.79 Å². The monoisotopic (exact) mass is 359 g/mol. The van der Waals surface area contributed by atoms with Gasteiger partial charge in [0.05, 0.1) is 5.56 Å². The summed E-state index contributed by atoms with van der Waals surface area (Å²) in [6.45, 7) is 2.17. The molecule has 6 heteroatoms. The first-order valence-corrected chi connectivity index (χ1v) is 8.42. The highest BCUT2D eigenvalue weighted by Crippen LogP contribution is 2.34. The van der Waals surface area contributed by atoms with E-state index in [0.29, 0.717) is 17.2 Å². The number of rotatable bonds is 2. The molecule has 0 saturated heterocycles. The van der Waals surface area contributed by atoms with Crippen LogP contribution in [0.1, 0.15) is 27.2 Å². The largest absolute Gasteiger partial charge is 0.454 e. The maximum atomic E-state index is 12.5. The lowest BCUT2D eigenvalue weighted by Gasteiger charge is -2.18. The van der Waals surface area contributed by atoms with Crippen molar-refractivity contribution in [2.24, 2.45) is 0 Å². The molecule has 1 aliphatic heterocycles. The lowest BCUT2D eigenvalue weighted by Crippen LogP contribution is -2.27. The molecule has 0 saturated carbocycles. The Balaban J connectivity index is 1.58. The van der Waals surface area contributed by atoms with Crippen LogP contribution in [0.2, 0.25) is 0 Å². The Morgan fingerprint density at radius 1 is 1.19 bits per heavy atom. The number of aromatic nitrogens is 2. The van der Waals surface area contributed by atoms with Crippen molar-refractivity contribution < 1.29 is 14.3 Å². The minimum atomic E-state index is -0.147. The van der Waals surface area contributed by atoms with Crippen LogP contribution in [0.4, 0.5) is 5.69 Å². The van der Waals surface area contributed by atoms with E-state index in [4.69, 9.17) is 9.47 Å². The van der Waals surface area contributed by atoms with Crippen LogP contribution < -0.4 is 14.4 Å². The number of hydrogen-bond donors (Lipinski definition) is 1. The molecular weight excluding hydrogens is 342 g/mol. The minimum Gasteiger partial charge on any atom is -0.454 e.